The van der Waals surface area contributed by atoms with Crippen LogP contribution < -0.4 is 9.64 Å². The third kappa shape index (κ3) is 3.33. The number of carbonyl (C=O) groups is 1. The second-order valence-electron chi connectivity index (χ2n) is 7.90. The molecule has 0 radical (unpaired) electrons. The highest BCUT2D eigenvalue weighted by Gasteiger charge is 2.45. The number of anilines is 1. The van der Waals surface area contributed by atoms with Crippen LogP contribution in [-0.4, -0.2) is 47.5 Å². The molecule has 0 amide bonds. The number of nitrogens with zero attached hydrogens (tertiary/aromatic N) is 2. The molecular formula is C22H26N2O4. The van der Waals surface area contributed by atoms with Crippen molar-refractivity contribution >= 4 is 11.8 Å². The van der Waals surface area contributed by atoms with Crippen molar-refractivity contribution in [2.24, 2.45) is 5.41 Å². The fourth-order valence-corrected chi connectivity index (χ4v) is 4.72. The summed E-state index contributed by atoms with van der Waals surface area (Å²) >= 11 is 0. The average Bonchev–Trinajstić information content (AvgIpc) is 3.06. The number of methoxy groups -OCH3 is 1. The van der Waals surface area contributed by atoms with Crippen molar-refractivity contribution in [2.75, 3.05) is 25.1 Å². The normalized spacial score (nSPS) is 24.5. The molecule has 1 saturated carbocycles. The Labute approximate surface area is 164 Å². The van der Waals surface area contributed by atoms with Gasteiger partial charge in [0.25, 0.3) is 0 Å². The zero-order valence-electron chi connectivity index (χ0n) is 16.1. The number of benzene rings is 1. The van der Waals surface area contributed by atoms with Gasteiger partial charge in [-0.2, -0.15) is 0 Å². The van der Waals surface area contributed by atoms with E-state index in [4.69, 9.17) is 9.72 Å². The Morgan fingerprint density at radius 3 is 2.57 bits per heavy atom. The fraction of sp³-hybridized carbons (Fsp3) is 0.455. The summed E-state index contributed by atoms with van der Waals surface area (Å²) in [6.45, 7) is 1.42. The Bertz CT molecular complexity index is 867. The number of aliphatic hydroxyl groups excluding tert-OH is 1. The molecule has 6 nitrogen and oxygen atoms in total. The van der Waals surface area contributed by atoms with Gasteiger partial charge >= 0.3 is 5.97 Å². The van der Waals surface area contributed by atoms with Gasteiger partial charge in [-0.1, -0.05) is 6.42 Å². The van der Waals surface area contributed by atoms with Gasteiger partial charge in [-0.05, 0) is 62.1 Å². The molecular weight excluding hydrogens is 356 g/mol. The van der Waals surface area contributed by atoms with Crippen molar-refractivity contribution in [3.8, 4) is 17.0 Å². The van der Waals surface area contributed by atoms with E-state index in [0.29, 0.717) is 12.4 Å². The average molecular weight is 382 g/mol. The topological polar surface area (TPSA) is 82.9 Å². The third-order valence-electron chi connectivity index (χ3n) is 6.26. The van der Waals surface area contributed by atoms with Gasteiger partial charge in [0, 0.05) is 24.1 Å². The number of rotatable bonds is 4. The van der Waals surface area contributed by atoms with E-state index >= 15 is 0 Å². The lowest BCUT2D eigenvalue weighted by molar-refractivity contribution is 0.0407. The van der Waals surface area contributed by atoms with Gasteiger partial charge in [0.1, 0.15) is 17.1 Å². The quantitative estimate of drug-likeness (QED) is 0.841. The first-order valence-electron chi connectivity index (χ1n) is 9.84. The fourth-order valence-electron chi connectivity index (χ4n) is 4.72. The summed E-state index contributed by atoms with van der Waals surface area (Å²) in [6.07, 6.45) is 4.47. The van der Waals surface area contributed by atoms with E-state index < -0.39 is 5.97 Å². The van der Waals surface area contributed by atoms with Crippen LogP contribution in [0.4, 0.5) is 5.82 Å². The SMILES string of the molecule is COc1ccc(-c2ccc(C(=O)O)c(N3CCC[C@]4(CCC[C@H]4O)C3)n2)cc1. The molecule has 2 N–H and O–H groups in total. The molecule has 1 saturated heterocycles. The molecule has 1 aliphatic heterocycles. The van der Waals surface area contributed by atoms with E-state index in [1.54, 1.807) is 19.2 Å². The van der Waals surface area contributed by atoms with Gasteiger partial charge in [0.15, 0.2) is 0 Å². The van der Waals surface area contributed by atoms with Crippen molar-refractivity contribution in [3.05, 3.63) is 42.0 Å². The molecule has 0 unspecified atom stereocenters. The first-order chi connectivity index (χ1) is 13.5. The number of hydrogen-bond donors (Lipinski definition) is 2. The van der Waals surface area contributed by atoms with Crippen LogP contribution in [0.2, 0.25) is 0 Å². The number of piperidine rings is 1. The lowest BCUT2D eigenvalue weighted by Gasteiger charge is -2.43. The number of hydrogen-bond acceptors (Lipinski definition) is 5. The summed E-state index contributed by atoms with van der Waals surface area (Å²) in [7, 11) is 1.62. The highest BCUT2D eigenvalue weighted by atomic mass is 16.5. The predicted octanol–water partition coefficient (Wildman–Crippen LogP) is 3.59. The number of aromatic nitrogens is 1. The number of pyridine rings is 1. The summed E-state index contributed by atoms with van der Waals surface area (Å²) in [5.74, 6) is 0.286. The zero-order chi connectivity index (χ0) is 19.7. The molecule has 1 spiro atoms. The first kappa shape index (κ1) is 18.7. The molecule has 2 aromatic rings. The molecule has 2 atom stereocenters. The lowest BCUT2D eigenvalue weighted by atomic mass is 9.76. The minimum atomic E-state index is -0.977. The maximum atomic E-state index is 11.8. The van der Waals surface area contributed by atoms with E-state index in [9.17, 15) is 15.0 Å². The molecule has 148 valence electrons. The van der Waals surface area contributed by atoms with Gasteiger partial charge in [0.05, 0.1) is 18.9 Å². The molecule has 2 aliphatic rings. The first-order valence-corrected chi connectivity index (χ1v) is 9.84. The molecule has 2 heterocycles. The Balaban J connectivity index is 1.70. The van der Waals surface area contributed by atoms with E-state index in [2.05, 4.69) is 4.90 Å². The van der Waals surface area contributed by atoms with Crippen LogP contribution in [0.3, 0.4) is 0 Å². The zero-order valence-corrected chi connectivity index (χ0v) is 16.1. The Kier molecular flexibility index (Phi) is 4.98. The summed E-state index contributed by atoms with van der Waals surface area (Å²) in [6, 6.07) is 11.0. The third-order valence-corrected chi connectivity index (χ3v) is 6.26. The molecule has 1 aromatic heterocycles. The van der Waals surface area contributed by atoms with Crippen molar-refractivity contribution < 1.29 is 19.7 Å². The van der Waals surface area contributed by atoms with Crippen LogP contribution in [0.25, 0.3) is 11.3 Å². The van der Waals surface area contributed by atoms with E-state index in [-0.39, 0.29) is 17.1 Å². The van der Waals surface area contributed by atoms with Crippen molar-refractivity contribution in [1.82, 2.24) is 4.98 Å². The van der Waals surface area contributed by atoms with E-state index in [1.807, 2.05) is 24.3 Å². The second-order valence-corrected chi connectivity index (χ2v) is 7.90. The molecule has 2 fully saturated rings. The number of ether oxygens (including phenoxy) is 1. The Morgan fingerprint density at radius 1 is 1.18 bits per heavy atom. The minimum Gasteiger partial charge on any atom is -0.497 e. The van der Waals surface area contributed by atoms with Crippen molar-refractivity contribution in [3.63, 3.8) is 0 Å². The van der Waals surface area contributed by atoms with Crippen molar-refractivity contribution in [2.45, 2.75) is 38.2 Å². The number of aromatic carboxylic acids is 1. The molecule has 6 heteroatoms. The standard InChI is InChI=1S/C22H26N2O4/c1-28-16-7-5-15(6-8-16)18-10-9-17(21(26)27)20(23-18)24-13-3-12-22(14-24)11-2-4-19(22)25/h5-10,19,25H,2-4,11-14H2,1H3,(H,26,27)/t19-,22-/m1/s1. The van der Waals surface area contributed by atoms with Crippen LogP contribution in [0.15, 0.2) is 36.4 Å². The highest BCUT2D eigenvalue weighted by molar-refractivity contribution is 5.94. The highest BCUT2D eigenvalue weighted by Crippen LogP contribution is 2.46. The Morgan fingerprint density at radius 2 is 1.93 bits per heavy atom. The Hall–Kier alpha value is -2.60. The molecule has 0 bridgehead atoms. The molecule has 4 rings (SSSR count). The van der Waals surface area contributed by atoms with Gasteiger partial charge < -0.3 is 19.8 Å². The van der Waals surface area contributed by atoms with Gasteiger partial charge in [-0.3, -0.25) is 0 Å². The molecule has 1 aliphatic carbocycles. The number of aliphatic hydroxyl groups is 1. The summed E-state index contributed by atoms with van der Waals surface area (Å²) in [5, 5.41) is 20.3. The van der Waals surface area contributed by atoms with Crippen molar-refractivity contribution in [1.29, 1.82) is 0 Å². The van der Waals surface area contributed by atoms with Gasteiger partial charge in [-0.15, -0.1) is 0 Å². The maximum absolute atomic E-state index is 11.8. The van der Waals surface area contributed by atoms with Gasteiger partial charge in [0.2, 0.25) is 0 Å². The summed E-state index contributed by atoms with van der Waals surface area (Å²) in [5.41, 5.74) is 1.72. The number of carboxylic acids is 1. The van der Waals surface area contributed by atoms with E-state index in [0.717, 1.165) is 55.7 Å². The maximum Gasteiger partial charge on any atom is 0.339 e. The monoisotopic (exact) mass is 382 g/mol. The van der Waals surface area contributed by atoms with Crippen LogP contribution in [0.5, 0.6) is 5.75 Å². The van der Waals surface area contributed by atoms with Crippen LogP contribution in [0.1, 0.15) is 42.5 Å². The molecule has 1 aromatic carbocycles. The smallest absolute Gasteiger partial charge is 0.339 e. The molecule has 28 heavy (non-hydrogen) atoms. The van der Waals surface area contributed by atoms with Gasteiger partial charge in [-0.25, -0.2) is 9.78 Å². The summed E-state index contributed by atoms with van der Waals surface area (Å²) in [4.78, 5) is 18.6. The van der Waals surface area contributed by atoms with E-state index in [1.165, 1.54) is 0 Å². The predicted molar refractivity (Wildman–Crippen MR) is 107 cm³/mol. The van der Waals surface area contributed by atoms with Crippen LogP contribution in [0, 0.1) is 5.41 Å². The minimum absolute atomic E-state index is 0.133. The van der Waals surface area contributed by atoms with Crippen LogP contribution >= 0.6 is 0 Å². The van der Waals surface area contributed by atoms with Crippen LogP contribution in [-0.2, 0) is 0 Å². The second kappa shape index (κ2) is 7.43. The summed E-state index contributed by atoms with van der Waals surface area (Å²) < 4.78 is 5.21. The largest absolute Gasteiger partial charge is 0.497 e. The lowest BCUT2D eigenvalue weighted by Crippen LogP contribution is -2.48. The number of carboxylic acid groups (broad SMARTS) is 1.